The monoisotopic (exact) mass is 754 g/mol. The molecule has 4 nitrogen and oxygen atoms in total. The summed E-state index contributed by atoms with van der Waals surface area (Å²) in [6, 6.07) is 52.2. The van der Waals surface area contributed by atoms with Crippen LogP contribution in [0.15, 0.2) is 151 Å². The van der Waals surface area contributed by atoms with E-state index in [1.54, 1.807) is 11.3 Å². The zero-order chi connectivity index (χ0) is 37.5. The molecule has 10 aromatic rings. The first kappa shape index (κ1) is 33.0. The average Bonchev–Trinajstić information content (AvgIpc) is 3.94. The first-order valence-corrected chi connectivity index (χ1v) is 20.6. The number of hydrogen-bond donors (Lipinski definition) is 0. The predicted molar refractivity (Wildman–Crippen MR) is 235 cm³/mol. The fourth-order valence-electron chi connectivity index (χ4n) is 8.46. The second kappa shape index (κ2) is 12.6. The lowest BCUT2D eigenvalue weighted by molar-refractivity contribution is 0.661. The summed E-state index contributed by atoms with van der Waals surface area (Å²) in [7, 11) is 0. The number of nitrogens with zero attached hydrogens (tertiary/aromatic N) is 4. The number of thiophene rings is 1. The minimum atomic E-state index is -0.105. The number of fused-ring (bicyclic) bond motifs is 8. The van der Waals surface area contributed by atoms with Gasteiger partial charge in [-0.1, -0.05) is 147 Å². The zero-order valence-electron chi connectivity index (χ0n) is 31.0. The first-order valence-electron chi connectivity index (χ1n) is 18.9. The molecular weight excluding hydrogens is 721 g/mol. The van der Waals surface area contributed by atoms with Crippen molar-refractivity contribution in [2.45, 2.75) is 26.2 Å². The number of aromatic nitrogens is 4. The average molecular weight is 755 g/mol. The van der Waals surface area contributed by atoms with E-state index in [0.29, 0.717) is 17.5 Å². The zero-order valence-corrected chi connectivity index (χ0v) is 32.7. The summed E-state index contributed by atoms with van der Waals surface area (Å²) in [5.74, 6) is 1.97. The van der Waals surface area contributed by atoms with Crippen molar-refractivity contribution in [3.63, 3.8) is 0 Å². The van der Waals surface area contributed by atoms with Gasteiger partial charge in [-0.25, -0.2) is 19.9 Å². The normalized spacial score (nSPS) is 13.1. The number of benzene rings is 7. The molecule has 0 spiro atoms. The van der Waals surface area contributed by atoms with Gasteiger partial charge in [0, 0.05) is 47.8 Å². The Morgan fingerprint density at radius 3 is 1.77 bits per heavy atom. The van der Waals surface area contributed by atoms with Gasteiger partial charge >= 0.3 is 0 Å². The summed E-state index contributed by atoms with van der Waals surface area (Å²) < 4.78 is 3.86. The van der Waals surface area contributed by atoms with Gasteiger partial charge in [0.05, 0.1) is 15.7 Å². The van der Waals surface area contributed by atoms with Gasteiger partial charge in [-0.05, 0) is 64.1 Å². The highest BCUT2D eigenvalue weighted by atomic mass is 32.1. The van der Waals surface area contributed by atoms with Crippen LogP contribution < -0.4 is 0 Å². The molecule has 0 fully saturated rings. The minimum absolute atomic E-state index is 0.105. The van der Waals surface area contributed by atoms with E-state index in [1.165, 1.54) is 69.4 Å². The molecule has 0 amide bonds. The minimum Gasteiger partial charge on any atom is -0.245 e. The van der Waals surface area contributed by atoms with Gasteiger partial charge in [0.15, 0.2) is 17.5 Å². The van der Waals surface area contributed by atoms with Crippen LogP contribution in [-0.4, -0.2) is 19.9 Å². The summed E-state index contributed by atoms with van der Waals surface area (Å²) in [6.45, 7) is 6.81. The molecule has 3 aromatic heterocycles. The topological polar surface area (TPSA) is 51.6 Å². The molecule has 0 unspecified atom stereocenters. The van der Waals surface area contributed by atoms with E-state index in [0.717, 1.165) is 27.8 Å². The van der Waals surface area contributed by atoms with Gasteiger partial charge in [-0.15, -0.1) is 22.7 Å². The van der Waals surface area contributed by atoms with Gasteiger partial charge in [0.1, 0.15) is 0 Å². The largest absolute Gasteiger partial charge is 0.245 e. The SMILES string of the molecule is Cc1ccc(-c2nc(-c3ccccc3)nc(-c3cccc(-c4cccc5c4sc4c(-c6ccc7c(c6)C(C)(C)c6ccc8ncsc8c6-7)cccc45)c3)n2)cc1. The standard InChI is InChI=1S/C50H34N4S2/c1-29-18-20-31(21-19-29)48-52-47(30-10-5-4-6-11-30)53-49(54-48)34-13-7-12-32(26-34)35-14-8-16-37-38-17-9-15-36(45(38)56-44(35)37)33-22-23-39-41(27-33)50(2,3)40-24-25-42-46(43(39)40)55-28-51-42/h4-28H,1-3H3. The van der Waals surface area contributed by atoms with Crippen LogP contribution in [0.2, 0.25) is 0 Å². The molecule has 1 aliphatic carbocycles. The molecular formula is C50H34N4S2. The predicted octanol–water partition coefficient (Wildman–Crippen LogP) is 13.8. The van der Waals surface area contributed by atoms with E-state index in [9.17, 15) is 0 Å². The first-order chi connectivity index (χ1) is 27.4. The summed E-state index contributed by atoms with van der Waals surface area (Å²) in [4.78, 5) is 19.6. The quantitative estimate of drug-likeness (QED) is 0.176. The lowest BCUT2D eigenvalue weighted by atomic mass is 9.81. The van der Waals surface area contributed by atoms with Crippen LogP contribution in [0.25, 0.3) is 97.9 Å². The molecule has 6 heteroatoms. The third-order valence-electron chi connectivity index (χ3n) is 11.4. The molecule has 11 rings (SSSR count). The Morgan fingerprint density at radius 2 is 1.05 bits per heavy atom. The number of thiazole rings is 1. The van der Waals surface area contributed by atoms with Crippen molar-refractivity contribution in [2.75, 3.05) is 0 Å². The number of hydrogen-bond acceptors (Lipinski definition) is 6. The van der Waals surface area contributed by atoms with E-state index in [4.69, 9.17) is 15.0 Å². The summed E-state index contributed by atoms with van der Waals surface area (Å²) in [6.07, 6.45) is 0. The van der Waals surface area contributed by atoms with Crippen LogP contribution in [0.5, 0.6) is 0 Å². The fraction of sp³-hybridized carbons (Fsp3) is 0.0800. The highest BCUT2D eigenvalue weighted by Crippen LogP contribution is 2.53. The maximum absolute atomic E-state index is 5.04. The molecule has 266 valence electrons. The molecule has 0 radical (unpaired) electrons. The van der Waals surface area contributed by atoms with Crippen molar-refractivity contribution in [2.24, 2.45) is 0 Å². The van der Waals surface area contributed by atoms with E-state index in [2.05, 4.69) is 141 Å². The van der Waals surface area contributed by atoms with Gasteiger partial charge in [0.2, 0.25) is 0 Å². The molecule has 56 heavy (non-hydrogen) atoms. The Bertz CT molecular complexity index is 3180. The summed E-state index contributed by atoms with van der Waals surface area (Å²) in [5, 5.41) is 2.55. The Balaban J connectivity index is 1.03. The molecule has 3 heterocycles. The Hall–Kier alpha value is -6.34. The van der Waals surface area contributed by atoms with Crippen LogP contribution in [0.3, 0.4) is 0 Å². The summed E-state index contributed by atoms with van der Waals surface area (Å²) in [5.41, 5.74) is 17.3. The molecule has 0 aliphatic heterocycles. The lowest BCUT2D eigenvalue weighted by Gasteiger charge is -2.22. The maximum Gasteiger partial charge on any atom is 0.164 e. The van der Waals surface area contributed by atoms with Gasteiger partial charge in [-0.2, -0.15) is 0 Å². The Kier molecular flexibility index (Phi) is 7.43. The molecule has 0 saturated heterocycles. The van der Waals surface area contributed by atoms with Crippen molar-refractivity contribution >= 4 is 53.1 Å². The van der Waals surface area contributed by atoms with Crippen molar-refractivity contribution in [1.82, 2.24) is 19.9 Å². The number of rotatable bonds is 5. The highest BCUT2D eigenvalue weighted by molar-refractivity contribution is 7.26. The smallest absolute Gasteiger partial charge is 0.164 e. The van der Waals surface area contributed by atoms with E-state index >= 15 is 0 Å². The van der Waals surface area contributed by atoms with E-state index in [1.807, 2.05) is 47.2 Å². The molecule has 0 atom stereocenters. The second-order valence-corrected chi connectivity index (χ2v) is 17.0. The van der Waals surface area contributed by atoms with E-state index in [-0.39, 0.29) is 5.41 Å². The van der Waals surface area contributed by atoms with Crippen LogP contribution >= 0.6 is 22.7 Å². The highest BCUT2D eigenvalue weighted by Gasteiger charge is 2.37. The Labute approximate surface area is 332 Å². The molecule has 0 saturated carbocycles. The molecule has 7 aromatic carbocycles. The fourth-order valence-corrected chi connectivity index (χ4v) is 10.7. The van der Waals surface area contributed by atoms with Crippen molar-refractivity contribution < 1.29 is 0 Å². The summed E-state index contributed by atoms with van der Waals surface area (Å²) >= 11 is 3.62. The third kappa shape index (κ3) is 5.17. The van der Waals surface area contributed by atoms with Crippen molar-refractivity contribution in [1.29, 1.82) is 0 Å². The van der Waals surface area contributed by atoms with Crippen LogP contribution in [0.1, 0.15) is 30.5 Å². The third-order valence-corrected chi connectivity index (χ3v) is 13.5. The maximum atomic E-state index is 5.04. The van der Waals surface area contributed by atoms with Crippen molar-refractivity contribution in [3.8, 4) is 67.5 Å². The van der Waals surface area contributed by atoms with Crippen LogP contribution in [-0.2, 0) is 5.41 Å². The second-order valence-electron chi connectivity index (χ2n) is 15.2. The number of aryl methyl sites for hydroxylation is 1. The van der Waals surface area contributed by atoms with Gasteiger partial charge in [0.25, 0.3) is 0 Å². The molecule has 1 aliphatic rings. The van der Waals surface area contributed by atoms with Crippen molar-refractivity contribution in [3.05, 3.63) is 168 Å². The molecule has 0 bridgehead atoms. The lowest BCUT2D eigenvalue weighted by Crippen LogP contribution is -2.14. The molecule has 0 N–H and O–H groups in total. The van der Waals surface area contributed by atoms with Gasteiger partial charge < -0.3 is 0 Å². The van der Waals surface area contributed by atoms with Crippen LogP contribution in [0, 0.1) is 6.92 Å². The Morgan fingerprint density at radius 1 is 0.464 bits per heavy atom. The van der Waals surface area contributed by atoms with Crippen LogP contribution in [0.4, 0.5) is 0 Å². The van der Waals surface area contributed by atoms with E-state index < -0.39 is 0 Å². The van der Waals surface area contributed by atoms with Gasteiger partial charge in [-0.3, -0.25) is 0 Å².